The lowest BCUT2D eigenvalue weighted by Gasteiger charge is -2.05. The Bertz CT molecular complexity index is 947. The van der Waals surface area contributed by atoms with E-state index in [1.54, 1.807) is 41.2 Å². The topological polar surface area (TPSA) is 102 Å². The molecule has 0 bridgehead atoms. The van der Waals surface area contributed by atoms with E-state index in [1.807, 2.05) is 36.5 Å². The molecule has 0 saturated carbocycles. The molecule has 2 aromatic carbocycles. The molecule has 0 aliphatic rings. The molecule has 1 heterocycles. The summed E-state index contributed by atoms with van der Waals surface area (Å²) in [4.78, 5) is 22.9. The van der Waals surface area contributed by atoms with Crippen molar-refractivity contribution in [2.45, 2.75) is 0 Å². The smallest absolute Gasteiger partial charge is 0.316 e. The number of benzene rings is 2. The van der Waals surface area contributed by atoms with Crippen LogP contribution in [0.3, 0.4) is 0 Å². The Balaban J connectivity index is 1.63. The van der Waals surface area contributed by atoms with Crippen molar-refractivity contribution in [3.05, 3.63) is 78.6 Å². The minimum Gasteiger partial charge on any atom is -0.351 e. The summed E-state index contributed by atoms with van der Waals surface area (Å²) in [6, 6.07) is 15.7. The van der Waals surface area contributed by atoms with E-state index in [0.717, 1.165) is 11.3 Å². The first kappa shape index (κ1) is 17.0. The Labute approximate surface area is 150 Å². The fourth-order valence-electron chi connectivity index (χ4n) is 2.32. The van der Waals surface area contributed by atoms with Crippen LogP contribution in [0, 0.1) is 0 Å². The minimum absolute atomic E-state index is 0.298. The fraction of sp³-hybridized carbons (Fsp3) is 0. The average Bonchev–Trinajstić information content (AvgIpc) is 3.09. The third kappa shape index (κ3) is 4.57. The van der Waals surface area contributed by atoms with Gasteiger partial charge in [-0.25, -0.2) is 9.48 Å². The molecule has 0 unspecified atom stereocenters. The van der Waals surface area contributed by atoms with Gasteiger partial charge in [0.25, 0.3) is 0 Å². The van der Waals surface area contributed by atoms with Crippen LogP contribution in [-0.4, -0.2) is 21.7 Å². The van der Waals surface area contributed by atoms with E-state index in [1.165, 1.54) is 6.08 Å². The van der Waals surface area contributed by atoms with Crippen molar-refractivity contribution >= 4 is 29.4 Å². The summed E-state index contributed by atoms with van der Waals surface area (Å²) in [5.74, 6) is -0.298. The highest BCUT2D eigenvalue weighted by atomic mass is 16.2. The predicted molar refractivity (Wildman–Crippen MR) is 101 cm³/mol. The summed E-state index contributed by atoms with van der Waals surface area (Å²) >= 11 is 0. The maximum absolute atomic E-state index is 12.1. The minimum atomic E-state index is -0.663. The number of carbonyl (C=O) groups is 2. The first-order valence-electron chi connectivity index (χ1n) is 7.86. The number of hydrogen-bond acceptors (Lipinski definition) is 3. The van der Waals surface area contributed by atoms with E-state index in [0.29, 0.717) is 11.4 Å². The van der Waals surface area contributed by atoms with Gasteiger partial charge in [-0.2, -0.15) is 5.10 Å². The van der Waals surface area contributed by atoms with E-state index in [-0.39, 0.29) is 5.91 Å². The molecule has 7 heteroatoms. The van der Waals surface area contributed by atoms with Gasteiger partial charge in [0.15, 0.2) is 0 Å². The highest BCUT2D eigenvalue weighted by molar-refractivity contribution is 6.02. The molecule has 0 aliphatic carbocycles. The Morgan fingerprint density at radius 3 is 2.46 bits per heavy atom. The third-order valence-corrected chi connectivity index (χ3v) is 3.45. The largest absolute Gasteiger partial charge is 0.351 e. The van der Waals surface area contributed by atoms with E-state index in [9.17, 15) is 9.59 Å². The van der Waals surface area contributed by atoms with Gasteiger partial charge < -0.3 is 16.4 Å². The van der Waals surface area contributed by atoms with Crippen LogP contribution in [0.1, 0.15) is 5.56 Å². The number of nitrogens with one attached hydrogen (secondary N) is 2. The number of aromatic nitrogens is 2. The van der Waals surface area contributed by atoms with E-state index in [4.69, 9.17) is 5.73 Å². The Morgan fingerprint density at radius 2 is 1.73 bits per heavy atom. The summed E-state index contributed by atoms with van der Waals surface area (Å²) in [5.41, 5.74) is 7.87. The molecule has 26 heavy (non-hydrogen) atoms. The summed E-state index contributed by atoms with van der Waals surface area (Å²) in [5, 5.41) is 9.44. The number of nitrogens with two attached hydrogens (primary N) is 1. The molecule has 7 nitrogen and oxygen atoms in total. The average molecular weight is 347 g/mol. The van der Waals surface area contributed by atoms with Crippen molar-refractivity contribution in [2.75, 3.05) is 10.6 Å². The van der Waals surface area contributed by atoms with Crippen LogP contribution in [0.25, 0.3) is 11.8 Å². The molecule has 0 fully saturated rings. The molecule has 0 saturated heterocycles. The maximum Gasteiger partial charge on any atom is 0.316 e. The second kappa shape index (κ2) is 7.80. The Morgan fingerprint density at radius 1 is 1.00 bits per heavy atom. The fourth-order valence-corrected chi connectivity index (χ4v) is 2.32. The lowest BCUT2D eigenvalue weighted by atomic mass is 10.2. The lowest BCUT2D eigenvalue weighted by molar-refractivity contribution is -0.111. The number of carbonyl (C=O) groups excluding carboxylic acids is 2. The molecular weight excluding hydrogens is 330 g/mol. The molecule has 3 rings (SSSR count). The summed E-state index contributed by atoms with van der Waals surface area (Å²) in [7, 11) is 0. The highest BCUT2D eigenvalue weighted by Crippen LogP contribution is 2.15. The van der Waals surface area contributed by atoms with Gasteiger partial charge in [0.1, 0.15) is 0 Å². The number of primary amides is 1. The normalized spacial score (nSPS) is 10.6. The molecular formula is C19H17N5O2. The van der Waals surface area contributed by atoms with Crippen molar-refractivity contribution in [3.63, 3.8) is 0 Å². The second-order valence-electron chi connectivity index (χ2n) is 5.45. The molecule has 0 aliphatic heterocycles. The zero-order valence-electron chi connectivity index (χ0n) is 13.8. The number of para-hydroxylation sites is 1. The zero-order chi connectivity index (χ0) is 18.4. The summed E-state index contributed by atoms with van der Waals surface area (Å²) < 4.78 is 1.73. The number of urea groups is 1. The van der Waals surface area contributed by atoms with Gasteiger partial charge in [-0.3, -0.25) is 4.79 Å². The van der Waals surface area contributed by atoms with Crippen LogP contribution in [0.2, 0.25) is 0 Å². The third-order valence-electron chi connectivity index (χ3n) is 3.45. The van der Waals surface area contributed by atoms with Gasteiger partial charge >= 0.3 is 6.03 Å². The molecule has 0 atom stereocenters. The van der Waals surface area contributed by atoms with Crippen LogP contribution >= 0.6 is 0 Å². The molecule has 0 radical (unpaired) electrons. The molecule has 3 amide bonds. The van der Waals surface area contributed by atoms with Gasteiger partial charge in [-0.15, -0.1) is 0 Å². The van der Waals surface area contributed by atoms with Gasteiger partial charge in [-0.1, -0.05) is 24.3 Å². The van der Waals surface area contributed by atoms with Crippen LogP contribution in [-0.2, 0) is 4.79 Å². The van der Waals surface area contributed by atoms with Gasteiger partial charge in [0.05, 0.1) is 11.9 Å². The summed E-state index contributed by atoms with van der Waals surface area (Å²) in [6.07, 6.45) is 6.60. The number of anilines is 2. The number of rotatable bonds is 5. The predicted octanol–water partition coefficient (Wildman–Crippen LogP) is 3.01. The number of nitrogens with zero attached hydrogens (tertiary/aromatic N) is 2. The maximum atomic E-state index is 12.1. The van der Waals surface area contributed by atoms with E-state index in [2.05, 4.69) is 15.7 Å². The molecule has 130 valence electrons. The van der Waals surface area contributed by atoms with E-state index < -0.39 is 6.03 Å². The molecule has 3 aromatic rings. The first-order valence-corrected chi connectivity index (χ1v) is 7.86. The molecule has 1 aromatic heterocycles. The first-order chi connectivity index (χ1) is 12.6. The van der Waals surface area contributed by atoms with Crippen molar-refractivity contribution in [1.29, 1.82) is 0 Å². The number of amides is 3. The monoisotopic (exact) mass is 347 g/mol. The van der Waals surface area contributed by atoms with Crippen LogP contribution in [0.5, 0.6) is 0 Å². The van der Waals surface area contributed by atoms with Crippen molar-refractivity contribution < 1.29 is 9.59 Å². The van der Waals surface area contributed by atoms with Crippen molar-refractivity contribution in [1.82, 2.24) is 9.78 Å². The molecule has 4 N–H and O–H groups in total. The van der Waals surface area contributed by atoms with Crippen LogP contribution in [0.4, 0.5) is 16.2 Å². The number of hydrogen-bond donors (Lipinski definition) is 3. The van der Waals surface area contributed by atoms with Gasteiger partial charge in [0.2, 0.25) is 5.91 Å². The van der Waals surface area contributed by atoms with E-state index >= 15 is 0 Å². The standard InChI is InChI=1S/C19H17N5O2/c20-19(26)23-16-6-4-5-15(11-16)22-18(25)10-9-14-12-21-24(13-14)17-7-2-1-3-8-17/h1-13H,(H,22,25)(H3,20,23,26)/b10-9+. The van der Waals surface area contributed by atoms with Gasteiger partial charge in [0, 0.05) is 29.2 Å². The lowest BCUT2D eigenvalue weighted by Crippen LogP contribution is -2.19. The van der Waals surface area contributed by atoms with Crippen molar-refractivity contribution in [2.24, 2.45) is 5.73 Å². The van der Waals surface area contributed by atoms with Crippen LogP contribution in [0.15, 0.2) is 73.1 Å². The van der Waals surface area contributed by atoms with Crippen LogP contribution < -0.4 is 16.4 Å². The summed E-state index contributed by atoms with van der Waals surface area (Å²) in [6.45, 7) is 0. The SMILES string of the molecule is NC(=O)Nc1cccc(NC(=O)/C=C/c2cnn(-c3ccccc3)c2)c1. The van der Waals surface area contributed by atoms with Gasteiger partial charge in [-0.05, 0) is 36.4 Å². The Kier molecular flexibility index (Phi) is 5.09. The second-order valence-corrected chi connectivity index (χ2v) is 5.45. The Hall–Kier alpha value is -3.87. The molecule has 0 spiro atoms. The zero-order valence-corrected chi connectivity index (χ0v) is 13.8. The highest BCUT2D eigenvalue weighted by Gasteiger charge is 2.02. The van der Waals surface area contributed by atoms with Crippen molar-refractivity contribution in [3.8, 4) is 5.69 Å². The quantitative estimate of drug-likeness (QED) is 0.618.